The Morgan fingerprint density at radius 3 is 2.81 bits per heavy atom. The van der Waals surface area contributed by atoms with Crippen LogP contribution >= 0.6 is 0 Å². The molecule has 0 radical (unpaired) electrons. The van der Waals surface area contributed by atoms with Gasteiger partial charge in [0.05, 0.1) is 11.2 Å². The highest BCUT2D eigenvalue weighted by atomic mass is 16.1. The van der Waals surface area contributed by atoms with Gasteiger partial charge in [-0.1, -0.05) is 6.07 Å². The maximum Gasteiger partial charge on any atom is 0.221 e. The molecule has 134 valence electrons. The van der Waals surface area contributed by atoms with Crippen LogP contribution in [0.4, 0.5) is 5.69 Å². The number of hydrogen-bond acceptors (Lipinski definition) is 4. The van der Waals surface area contributed by atoms with Crippen LogP contribution in [0.5, 0.6) is 0 Å². The highest BCUT2D eigenvalue weighted by molar-refractivity contribution is 5.92. The van der Waals surface area contributed by atoms with Crippen molar-refractivity contribution in [1.29, 1.82) is 0 Å². The van der Waals surface area contributed by atoms with Crippen molar-refractivity contribution in [2.75, 3.05) is 18.4 Å². The first kappa shape index (κ1) is 16.7. The maximum atomic E-state index is 11.2. The Morgan fingerprint density at radius 1 is 1.23 bits per heavy atom. The highest BCUT2D eigenvalue weighted by Gasteiger charge is 2.21. The number of rotatable bonds is 4. The summed E-state index contributed by atoms with van der Waals surface area (Å²) < 4.78 is 0. The number of H-pyrrole nitrogens is 1. The number of aromatic nitrogens is 3. The van der Waals surface area contributed by atoms with Crippen molar-refractivity contribution in [2.45, 2.75) is 32.2 Å². The fourth-order valence-electron chi connectivity index (χ4n) is 3.66. The van der Waals surface area contributed by atoms with Gasteiger partial charge in [0.25, 0.3) is 0 Å². The predicted molar refractivity (Wildman–Crippen MR) is 102 cm³/mol. The van der Waals surface area contributed by atoms with E-state index in [9.17, 15) is 4.79 Å². The van der Waals surface area contributed by atoms with E-state index in [-0.39, 0.29) is 5.91 Å². The molecule has 0 aliphatic carbocycles. The minimum atomic E-state index is -0.0625. The van der Waals surface area contributed by atoms with Crippen LogP contribution in [0.2, 0.25) is 0 Å². The van der Waals surface area contributed by atoms with Gasteiger partial charge in [0, 0.05) is 42.4 Å². The fraction of sp³-hybridized carbons (Fsp3) is 0.350. The molecule has 6 heteroatoms. The number of carbonyl (C=O) groups is 1. The van der Waals surface area contributed by atoms with Crippen LogP contribution in [0.1, 0.15) is 37.1 Å². The molecular formula is C20H23N5O. The molecule has 1 amide bonds. The standard InChI is InChI=1S/C20H23N5O/c1-14(26)22-17-4-5-19-16(12-17)2-3-18(23-19)13-25-10-7-15(8-11-25)20-6-9-21-24-20/h2-6,9,12,15H,7-8,10-11,13H2,1H3,(H,21,24)(H,22,26). The van der Waals surface area contributed by atoms with Gasteiger partial charge in [0.1, 0.15) is 0 Å². The number of fused-ring (bicyclic) bond motifs is 1. The van der Waals surface area contributed by atoms with E-state index in [2.05, 4.69) is 38.6 Å². The van der Waals surface area contributed by atoms with E-state index < -0.39 is 0 Å². The average Bonchev–Trinajstić information content (AvgIpc) is 3.17. The van der Waals surface area contributed by atoms with E-state index in [4.69, 9.17) is 4.98 Å². The number of piperidine rings is 1. The molecule has 0 atom stereocenters. The Morgan fingerprint density at radius 2 is 2.08 bits per heavy atom. The third-order valence-corrected chi connectivity index (χ3v) is 5.00. The van der Waals surface area contributed by atoms with Gasteiger partial charge in [-0.15, -0.1) is 0 Å². The molecule has 0 spiro atoms. The molecule has 0 bridgehead atoms. The monoisotopic (exact) mass is 349 g/mol. The Bertz CT molecular complexity index is 898. The number of aromatic amines is 1. The van der Waals surface area contributed by atoms with Gasteiger partial charge in [-0.2, -0.15) is 5.10 Å². The average molecular weight is 349 g/mol. The molecule has 1 aliphatic rings. The molecule has 3 aromatic rings. The molecule has 0 unspecified atom stereocenters. The number of likely N-dealkylation sites (tertiary alicyclic amines) is 1. The van der Waals surface area contributed by atoms with Crippen LogP contribution in [0, 0.1) is 0 Å². The number of benzene rings is 1. The molecule has 2 N–H and O–H groups in total. The molecule has 1 fully saturated rings. The van der Waals surface area contributed by atoms with Crippen molar-refractivity contribution < 1.29 is 4.79 Å². The number of carbonyl (C=O) groups excluding carboxylic acids is 1. The molecule has 6 nitrogen and oxygen atoms in total. The van der Waals surface area contributed by atoms with E-state index in [0.29, 0.717) is 5.92 Å². The maximum absolute atomic E-state index is 11.2. The summed E-state index contributed by atoms with van der Waals surface area (Å²) in [6.45, 7) is 4.54. The van der Waals surface area contributed by atoms with E-state index in [1.165, 1.54) is 12.6 Å². The summed E-state index contributed by atoms with van der Waals surface area (Å²) in [5.41, 5.74) is 4.11. The molecule has 4 rings (SSSR count). The quantitative estimate of drug-likeness (QED) is 0.758. The third-order valence-electron chi connectivity index (χ3n) is 5.00. The topological polar surface area (TPSA) is 73.9 Å². The van der Waals surface area contributed by atoms with Gasteiger partial charge in [0.2, 0.25) is 5.91 Å². The second kappa shape index (κ2) is 7.25. The van der Waals surface area contributed by atoms with Crippen molar-refractivity contribution >= 4 is 22.5 Å². The summed E-state index contributed by atoms with van der Waals surface area (Å²) in [6, 6.07) is 12.1. The van der Waals surface area contributed by atoms with Gasteiger partial charge in [-0.25, -0.2) is 0 Å². The second-order valence-electron chi connectivity index (χ2n) is 6.95. The first-order chi connectivity index (χ1) is 12.7. The van der Waals surface area contributed by atoms with E-state index in [1.807, 2.05) is 24.4 Å². The van der Waals surface area contributed by atoms with Gasteiger partial charge >= 0.3 is 0 Å². The number of amides is 1. The SMILES string of the molecule is CC(=O)Nc1ccc2nc(CN3CCC(c4ccn[nH]4)CC3)ccc2c1. The highest BCUT2D eigenvalue weighted by Crippen LogP contribution is 2.27. The Hall–Kier alpha value is -2.73. The van der Waals surface area contributed by atoms with Crippen LogP contribution < -0.4 is 5.32 Å². The Kier molecular flexibility index (Phi) is 4.67. The Labute approximate surface area is 152 Å². The number of pyridine rings is 1. The lowest BCUT2D eigenvalue weighted by molar-refractivity contribution is -0.114. The van der Waals surface area contributed by atoms with E-state index in [0.717, 1.165) is 54.8 Å². The van der Waals surface area contributed by atoms with Crippen LogP contribution in [-0.2, 0) is 11.3 Å². The van der Waals surface area contributed by atoms with E-state index >= 15 is 0 Å². The van der Waals surface area contributed by atoms with Gasteiger partial charge in [0.15, 0.2) is 0 Å². The largest absolute Gasteiger partial charge is 0.326 e. The summed E-state index contributed by atoms with van der Waals surface area (Å²) in [5, 5.41) is 11.0. The first-order valence-electron chi connectivity index (χ1n) is 9.06. The van der Waals surface area contributed by atoms with Gasteiger partial charge in [-0.3, -0.25) is 19.8 Å². The molecule has 26 heavy (non-hydrogen) atoms. The molecule has 1 saturated heterocycles. The normalized spacial score (nSPS) is 16.0. The lowest BCUT2D eigenvalue weighted by Gasteiger charge is -2.31. The number of hydrogen-bond donors (Lipinski definition) is 2. The summed E-state index contributed by atoms with van der Waals surface area (Å²) in [7, 11) is 0. The third kappa shape index (κ3) is 3.75. The number of anilines is 1. The summed E-state index contributed by atoms with van der Waals surface area (Å²) in [4.78, 5) is 18.4. The summed E-state index contributed by atoms with van der Waals surface area (Å²) in [6.07, 6.45) is 4.13. The summed E-state index contributed by atoms with van der Waals surface area (Å²) >= 11 is 0. The van der Waals surface area contributed by atoms with Crippen LogP contribution in [0.3, 0.4) is 0 Å². The summed E-state index contributed by atoms with van der Waals surface area (Å²) in [5.74, 6) is 0.526. The predicted octanol–water partition coefficient (Wildman–Crippen LogP) is 3.30. The lowest BCUT2D eigenvalue weighted by atomic mass is 9.93. The second-order valence-corrected chi connectivity index (χ2v) is 6.95. The molecule has 0 saturated carbocycles. The van der Waals surface area contributed by atoms with E-state index in [1.54, 1.807) is 0 Å². The molecule has 3 heterocycles. The molecule has 1 aromatic carbocycles. The van der Waals surface area contributed by atoms with Crippen molar-refractivity contribution in [3.63, 3.8) is 0 Å². The van der Waals surface area contributed by atoms with Crippen molar-refractivity contribution in [2.24, 2.45) is 0 Å². The molecule has 1 aliphatic heterocycles. The first-order valence-corrected chi connectivity index (χ1v) is 9.06. The lowest BCUT2D eigenvalue weighted by Crippen LogP contribution is -2.32. The number of nitrogens with one attached hydrogen (secondary N) is 2. The Balaban J connectivity index is 1.40. The van der Waals surface area contributed by atoms with Crippen molar-refractivity contribution in [3.8, 4) is 0 Å². The molecular weight excluding hydrogens is 326 g/mol. The smallest absolute Gasteiger partial charge is 0.221 e. The zero-order valence-electron chi connectivity index (χ0n) is 14.9. The zero-order chi connectivity index (χ0) is 17.9. The van der Waals surface area contributed by atoms with Gasteiger partial charge < -0.3 is 5.32 Å². The van der Waals surface area contributed by atoms with Crippen LogP contribution in [0.15, 0.2) is 42.6 Å². The van der Waals surface area contributed by atoms with Crippen molar-refractivity contribution in [3.05, 3.63) is 54.0 Å². The van der Waals surface area contributed by atoms with Gasteiger partial charge in [-0.05, 0) is 56.3 Å². The number of nitrogens with zero attached hydrogens (tertiary/aromatic N) is 3. The molecule has 2 aromatic heterocycles. The minimum absolute atomic E-state index is 0.0625. The minimum Gasteiger partial charge on any atom is -0.326 e. The van der Waals surface area contributed by atoms with Crippen molar-refractivity contribution in [1.82, 2.24) is 20.1 Å². The van der Waals surface area contributed by atoms with Crippen LogP contribution in [-0.4, -0.2) is 39.1 Å². The zero-order valence-corrected chi connectivity index (χ0v) is 14.9. The van der Waals surface area contributed by atoms with Crippen LogP contribution in [0.25, 0.3) is 10.9 Å². The fourth-order valence-corrected chi connectivity index (χ4v) is 3.66.